The molecule has 1 N–H and O–H groups in total. The number of para-hydroxylation sites is 1. The third-order valence-electron chi connectivity index (χ3n) is 3.85. The number of H-pyrrole nitrogens is 1. The molecular weight excluding hydrogens is 240 g/mol. The van der Waals surface area contributed by atoms with Gasteiger partial charge in [0.15, 0.2) is 0 Å². The molecule has 0 saturated carbocycles. The lowest BCUT2D eigenvalue weighted by Gasteiger charge is -2.26. The highest BCUT2D eigenvalue weighted by molar-refractivity contribution is 5.90. The number of aromatic nitrogens is 1. The molecule has 0 spiro atoms. The fourth-order valence-corrected chi connectivity index (χ4v) is 2.82. The van der Waals surface area contributed by atoms with Gasteiger partial charge in [0.05, 0.1) is 12.6 Å². The van der Waals surface area contributed by atoms with Crippen LogP contribution >= 0.6 is 0 Å². The number of ether oxygens (including phenoxy) is 1. The molecule has 0 saturated heterocycles. The van der Waals surface area contributed by atoms with Crippen LogP contribution in [0.3, 0.4) is 0 Å². The number of nitrogens with zero attached hydrogens (tertiary/aromatic N) is 1. The van der Waals surface area contributed by atoms with Gasteiger partial charge in [-0.3, -0.25) is 4.79 Å². The van der Waals surface area contributed by atoms with E-state index in [1.165, 1.54) is 16.6 Å². The zero-order valence-corrected chi connectivity index (χ0v) is 11.3. The molecule has 0 bridgehead atoms. The van der Waals surface area contributed by atoms with Crippen molar-refractivity contribution in [1.82, 2.24) is 9.88 Å². The van der Waals surface area contributed by atoms with Crippen molar-refractivity contribution in [2.24, 2.45) is 0 Å². The average Bonchev–Trinajstić information content (AvgIpc) is 2.84. The second-order valence-electron chi connectivity index (χ2n) is 4.88. The summed E-state index contributed by atoms with van der Waals surface area (Å²) in [5.74, 6) is 1.09. The van der Waals surface area contributed by atoms with Gasteiger partial charge in [0, 0.05) is 42.6 Å². The monoisotopic (exact) mass is 258 g/mol. The normalized spacial score (nSPS) is 14.5. The largest absolute Gasteiger partial charge is 0.495 e. The second kappa shape index (κ2) is 4.61. The van der Waals surface area contributed by atoms with Crippen molar-refractivity contribution in [3.8, 4) is 5.75 Å². The Bertz CT molecular complexity index is 630. The highest BCUT2D eigenvalue weighted by atomic mass is 16.5. The molecule has 4 nitrogen and oxygen atoms in total. The molecule has 0 aliphatic carbocycles. The smallest absolute Gasteiger partial charge is 0.222 e. The Morgan fingerprint density at radius 1 is 1.47 bits per heavy atom. The van der Waals surface area contributed by atoms with E-state index in [9.17, 15) is 4.79 Å². The van der Waals surface area contributed by atoms with Gasteiger partial charge >= 0.3 is 0 Å². The topological polar surface area (TPSA) is 45.3 Å². The van der Waals surface area contributed by atoms with E-state index in [2.05, 4.69) is 11.1 Å². The highest BCUT2D eigenvalue weighted by Gasteiger charge is 2.23. The molecule has 2 heterocycles. The standard InChI is InChI=1S/C15H18N2O2/c1-3-14(18)17-8-7-12-11(9-17)10-5-4-6-13(19-2)15(10)16-12/h4-6,16H,3,7-9H2,1-2H3. The lowest BCUT2D eigenvalue weighted by atomic mass is 10.0. The van der Waals surface area contributed by atoms with Crippen LogP contribution in [0.5, 0.6) is 5.75 Å². The highest BCUT2D eigenvalue weighted by Crippen LogP contribution is 2.32. The molecule has 2 aromatic rings. The minimum absolute atomic E-state index is 0.225. The van der Waals surface area contributed by atoms with Crippen LogP contribution in [0.1, 0.15) is 24.6 Å². The number of benzene rings is 1. The Morgan fingerprint density at radius 2 is 2.32 bits per heavy atom. The first-order valence-corrected chi connectivity index (χ1v) is 6.68. The third kappa shape index (κ3) is 1.87. The first-order chi connectivity index (χ1) is 9.24. The van der Waals surface area contributed by atoms with Gasteiger partial charge in [0.25, 0.3) is 0 Å². The SMILES string of the molecule is CCC(=O)N1CCc2[nH]c3c(OC)cccc3c2C1. The van der Waals surface area contributed by atoms with Crippen molar-refractivity contribution in [3.05, 3.63) is 29.5 Å². The predicted octanol–water partition coefficient (Wildman–Crippen LogP) is 2.47. The van der Waals surface area contributed by atoms with Gasteiger partial charge < -0.3 is 14.6 Å². The van der Waals surface area contributed by atoms with Gasteiger partial charge in [0.1, 0.15) is 5.75 Å². The third-order valence-corrected chi connectivity index (χ3v) is 3.85. The van der Waals surface area contributed by atoms with Crippen molar-refractivity contribution >= 4 is 16.8 Å². The van der Waals surface area contributed by atoms with Crippen molar-refractivity contribution in [2.75, 3.05) is 13.7 Å². The van der Waals surface area contributed by atoms with E-state index in [0.29, 0.717) is 13.0 Å². The number of amides is 1. The minimum atomic E-state index is 0.225. The lowest BCUT2D eigenvalue weighted by Crippen LogP contribution is -2.35. The molecule has 1 aliphatic rings. The maximum absolute atomic E-state index is 11.8. The Morgan fingerprint density at radius 3 is 3.05 bits per heavy atom. The summed E-state index contributed by atoms with van der Waals surface area (Å²) in [7, 11) is 1.68. The number of aromatic amines is 1. The molecule has 100 valence electrons. The quantitative estimate of drug-likeness (QED) is 0.899. The van der Waals surface area contributed by atoms with Crippen LogP contribution in [0.2, 0.25) is 0 Å². The summed E-state index contributed by atoms with van der Waals surface area (Å²) in [5, 5.41) is 1.17. The summed E-state index contributed by atoms with van der Waals surface area (Å²) in [6, 6.07) is 6.04. The van der Waals surface area contributed by atoms with Crippen LogP contribution in [0, 0.1) is 0 Å². The number of carbonyl (C=O) groups is 1. The molecule has 0 unspecified atom stereocenters. The summed E-state index contributed by atoms with van der Waals surface area (Å²) < 4.78 is 5.39. The molecule has 0 fully saturated rings. The van der Waals surface area contributed by atoms with E-state index in [1.807, 2.05) is 24.0 Å². The van der Waals surface area contributed by atoms with Gasteiger partial charge in [-0.15, -0.1) is 0 Å². The maximum Gasteiger partial charge on any atom is 0.222 e. The molecule has 4 heteroatoms. The van der Waals surface area contributed by atoms with E-state index in [4.69, 9.17) is 4.74 Å². The lowest BCUT2D eigenvalue weighted by molar-refractivity contribution is -0.131. The minimum Gasteiger partial charge on any atom is -0.495 e. The first kappa shape index (κ1) is 12.1. The van der Waals surface area contributed by atoms with Crippen LogP contribution < -0.4 is 4.74 Å². The number of rotatable bonds is 2. The van der Waals surface area contributed by atoms with Crippen molar-refractivity contribution in [2.45, 2.75) is 26.3 Å². The molecule has 1 aromatic heterocycles. The number of hydrogen-bond donors (Lipinski definition) is 1. The van der Waals surface area contributed by atoms with E-state index < -0.39 is 0 Å². The van der Waals surface area contributed by atoms with Crippen LogP contribution in [0.4, 0.5) is 0 Å². The number of fused-ring (bicyclic) bond motifs is 3. The first-order valence-electron chi connectivity index (χ1n) is 6.68. The van der Waals surface area contributed by atoms with E-state index in [-0.39, 0.29) is 5.91 Å². The molecule has 1 aliphatic heterocycles. The second-order valence-corrected chi connectivity index (χ2v) is 4.88. The fourth-order valence-electron chi connectivity index (χ4n) is 2.82. The predicted molar refractivity (Wildman–Crippen MR) is 74.3 cm³/mol. The Labute approximate surface area is 112 Å². The number of carbonyl (C=O) groups excluding carboxylic acids is 1. The molecule has 1 aromatic carbocycles. The maximum atomic E-state index is 11.8. The zero-order valence-electron chi connectivity index (χ0n) is 11.3. The number of hydrogen-bond acceptors (Lipinski definition) is 2. The molecular formula is C15H18N2O2. The van der Waals surface area contributed by atoms with Gasteiger partial charge in [-0.25, -0.2) is 0 Å². The number of nitrogens with one attached hydrogen (secondary N) is 1. The summed E-state index contributed by atoms with van der Waals surface area (Å²) in [5.41, 5.74) is 3.52. The molecule has 0 radical (unpaired) electrons. The zero-order chi connectivity index (χ0) is 13.4. The van der Waals surface area contributed by atoms with Gasteiger partial charge in [-0.05, 0) is 6.07 Å². The van der Waals surface area contributed by atoms with Crippen LogP contribution in [0.25, 0.3) is 10.9 Å². The van der Waals surface area contributed by atoms with E-state index in [1.54, 1.807) is 7.11 Å². The summed E-state index contributed by atoms with van der Waals surface area (Å²) in [4.78, 5) is 17.2. The van der Waals surface area contributed by atoms with Crippen LogP contribution in [0.15, 0.2) is 18.2 Å². The molecule has 19 heavy (non-hydrogen) atoms. The van der Waals surface area contributed by atoms with Crippen molar-refractivity contribution in [3.63, 3.8) is 0 Å². The van der Waals surface area contributed by atoms with Gasteiger partial charge in [0.2, 0.25) is 5.91 Å². The summed E-state index contributed by atoms with van der Waals surface area (Å²) in [6.07, 6.45) is 1.46. The Balaban J connectivity index is 2.07. The van der Waals surface area contributed by atoms with Crippen molar-refractivity contribution in [1.29, 1.82) is 0 Å². The molecule has 1 amide bonds. The fraction of sp³-hybridized carbons (Fsp3) is 0.400. The van der Waals surface area contributed by atoms with E-state index >= 15 is 0 Å². The molecule has 3 rings (SSSR count). The summed E-state index contributed by atoms with van der Waals surface area (Å²) in [6.45, 7) is 3.42. The van der Waals surface area contributed by atoms with Gasteiger partial charge in [-0.2, -0.15) is 0 Å². The van der Waals surface area contributed by atoms with E-state index in [0.717, 1.165) is 24.2 Å². The Kier molecular flexibility index (Phi) is 2.93. The van der Waals surface area contributed by atoms with Crippen LogP contribution in [-0.4, -0.2) is 29.4 Å². The van der Waals surface area contributed by atoms with Crippen LogP contribution in [-0.2, 0) is 17.8 Å². The number of methoxy groups -OCH3 is 1. The molecule has 0 atom stereocenters. The summed E-state index contributed by atoms with van der Waals surface area (Å²) >= 11 is 0. The average molecular weight is 258 g/mol. The van der Waals surface area contributed by atoms with Gasteiger partial charge in [-0.1, -0.05) is 19.1 Å². The Hall–Kier alpha value is -1.97. The van der Waals surface area contributed by atoms with Crippen molar-refractivity contribution < 1.29 is 9.53 Å².